The standard InChI is InChI=1S/C9H9Br2ClS/c10-7-4-6(9(11)13-7)8(12)5-2-1-3-5/h4-5,8H,1-3H2. The Bertz CT molecular complexity index is 307. The van der Waals surface area contributed by atoms with Crippen molar-refractivity contribution in [3.05, 3.63) is 19.2 Å². The summed E-state index contributed by atoms with van der Waals surface area (Å²) in [5, 5.41) is 0.200. The number of thiophene rings is 1. The molecule has 4 heteroatoms. The van der Waals surface area contributed by atoms with Gasteiger partial charge in [0.2, 0.25) is 0 Å². The fraction of sp³-hybridized carbons (Fsp3) is 0.556. The Labute approximate surface area is 104 Å². The van der Waals surface area contributed by atoms with Gasteiger partial charge < -0.3 is 0 Å². The Hall–Kier alpha value is 0.950. The summed E-state index contributed by atoms with van der Waals surface area (Å²) in [5.41, 5.74) is 1.25. The lowest BCUT2D eigenvalue weighted by Crippen LogP contribution is -2.16. The molecule has 13 heavy (non-hydrogen) atoms. The molecule has 0 radical (unpaired) electrons. The lowest BCUT2D eigenvalue weighted by atomic mass is 9.81. The third-order valence-corrected chi connectivity index (χ3v) is 5.52. The van der Waals surface area contributed by atoms with Crippen molar-refractivity contribution in [3.8, 4) is 0 Å². The van der Waals surface area contributed by atoms with E-state index in [2.05, 4.69) is 37.9 Å². The van der Waals surface area contributed by atoms with E-state index in [1.807, 2.05) is 0 Å². The van der Waals surface area contributed by atoms with Crippen LogP contribution in [0, 0.1) is 5.92 Å². The first-order chi connectivity index (χ1) is 6.18. The summed E-state index contributed by atoms with van der Waals surface area (Å²) < 4.78 is 2.32. The zero-order valence-corrected chi connectivity index (χ0v) is 11.6. The van der Waals surface area contributed by atoms with Gasteiger partial charge >= 0.3 is 0 Å². The Morgan fingerprint density at radius 1 is 1.46 bits per heavy atom. The largest absolute Gasteiger partial charge is 0.121 e. The molecule has 0 N–H and O–H groups in total. The van der Waals surface area contributed by atoms with Crippen LogP contribution in [0.2, 0.25) is 0 Å². The van der Waals surface area contributed by atoms with Crippen LogP contribution in [0.25, 0.3) is 0 Å². The van der Waals surface area contributed by atoms with Crippen LogP contribution in [0.4, 0.5) is 0 Å². The molecule has 1 saturated carbocycles. The normalized spacial score (nSPS) is 19.9. The van der Waals surface area contributed by atoms with Crippen LogP contribution >= 0.6 is 54.8 Å². The van der Waals surface area contributed by atoms with Crippen LogP contribution in [0.15, 0.2) is 13.6 Å². The van der Waals surface area contributed by atoms with Crippen LogP contribution in [0.3, 0.4) is 0 Å². The van der Waals surface area contributed by atoms with E-state index in [4.69, 9.17) is 11.6 Å². The van der Waals surface area contributed by atoms with Crippen LogP contribution < -0.4 is 0 Å². The maximum Gasteiger partial charge on any atom is 0.0757 e. The van der Waals surface area contributed by atoms with E-state index in [0.717, 1.165) is 3.79 Å². The van der Waals surface area contributed by atoms with Gasteiger partial charge in [-0.05, 0) is 62.2 Å². The molecule has 0 saturated heterocycles. The summed E-state index contributed by atoms with van der Waals surface area (Å²) in [6.07, 6.45) is 3.92. The summed E-state index contributed by atoms with van der Waals surface area (Å²) in [7, 11) is 0. The zero-order chi connectivity index (χ0) is 9.42. The van der Waals surface area contributed by atoms with E-state index in [9.17, 15) is 0 Å². The molecule has 1 fully saturated rings. The Morgan fingerprint density at radius 3 is 2.54 bits per heavy atom. The number of hydrogen-bond donors (Lipinski definition) is 0. The van der Waals surface area contributed by atoms with Crippen molar-refractivity contribution in [2.75, 3.05) is 0 Å². The van der Waals surface area contributed by atoms with Gasteiger partial charge in [0, 0.05) is 0 Å². The number of rotatable bonds is 2. The van der Waals surface area contributed by atoms with Gasteiger partial charge in [-0.15, -0.1) is 22.9 Å². The molecule has 0 nitrogen and oxygen atoms in total. The van der Waals surface area contributed by atoms with Crippen LogP contribution in [0.5, 0.6) is 0 Å². The summed E-state index contributed by atoms with van der Waals surface area (Å²) in [5.74, 6) is 0.694. The second-order valence-electron chi connectivity index (χ2n) is 3.37. The van der Waals surface area contributed by atoms with Gasteiger partial charge in [-0.2, -0.15) is 0 Å². The van der Waals surface area contributed by atoms with Crippen LogP contribution in [0.1, 0.15) is 30.2 Å². The Morgan fingerprint density at radius 2 is 2.15 bits per heavy atom. The molecule has 1 aliphatic rings. The topological polar surface area (TPSA) is 0 Å². The molecule has 1 unspecified atom stereocenters. The first-order valence-electron chi connectivity index (χ1n) is 4.27. The first kappa shape index (κ1) is 10.5. The van der Waals surface area contributed by atoms with Crippen molar-refractivity contribution in [2.24, 2.45) is 5.92 Å². The minimum Gasteiger partial charge on any atom is -0.121 e. The predicted octanol–water partition coefficient (Wildman–Crippen LogP) is 5.35. The maximum absolute atomic E-state index is 6.38. The summed E-state index contributed by atoms with van der Waals surface area (Å²) in [6, 6.07) is 2.13. The molecule has 0 spiro atoms. The Balaban J connectivity index is 2.18. The van der Waals surface area contributed by atoms with E-state index < -0.39 is 0 Å². The molecule has 1 aromatic rings. The predicted molar refractivity (Wildman–Crippen MR) is 65.7 cm³/mol. The van der Waals surface area contributed by atoms with Crippen molar-refractivity contribution in [1.82, 2.24) is 0 Å². The molecular weight excluding hydrogens is 335 g/mol. The fourth-order valence-corrected chi connectivity index (χ4v) is 5.08. The number of halogens is 3. The minimum atomic E-state index is 0.200. The van der Waals surface area contributed by atoms with Gasteiger partial charge in [0.15, 0.2) is 0 Å². The second kappa shape index (κ2) is 4.21. The third kappa shape index (κ3) is 2.14. The Kier molecular flexibility index (Phi) is 3.39. The summed E-state index contributed by atoms with van der Waals surface area (Å²) in [4.78, 5) is 0. The van der Waals surface area contributed by atoms with E-state index in [1.165, 1.54) is 28.6 Å². The summed E-state index contributed by atoms with van der Waals surface area (Å²) >= 11 is 15.1. The van der Waals surface area contributed by atoms with Gasteiger partial charge in [0.1, 0.15) is 0 Å². The highest BCUT2D eigenvalue weighted by atomic mass is 79.9. The lowest BCUT2D eigenvalue weighted by molar-refractivity contribution is 0.305. The average Bonchev–Trinajstić information content (AvgIpc) is 2.26. The third-order valence-electron chi connectivity index (χ3n) is 2.54. The van der Waals surface area contributed by atoms with Crippen molar-refractivity contribution in [3.63, 3.8) is 0 Å². The second-order valence-corrected chi connectivity index (χ2v) is 7.59. The van der Waals surface area contributed by atoms with Gasteiger partial charge in [0.05, 0.1) is 12.9 Å². The first-order valence-corrected chi connectivity index (χ1v) is 7.11. The zero-order valence-electron chi connectivity index (χ0n) is 6.90. The fourth-order valence-electron chi connectivity index (χ4n) is 1.53. The molecule has 1 aliphatic carbocycles. The molecule has 1 aromatic heterocycles. The molecule has 0 amide bonds. The van der Waals surface area contributed by atoms with Crippen molar-refractivity contribution >= 4 is 54.8 Å². The molecule has 72 valence electrons. The molecule has 0 aromatic carbocycles. The molecule has 0 aliphatic heterocycles. The van der Waals surface area contributed by atoms with Gasteiger partial charge in [0.25, 0.3) is 0 Å². The smallest absolute Gasteiger partial charge is 0.0757 e. The average molecular weight is 344 g/mol. The van der Waals surface area contributed by atoms with Crippen molar-refractivity contribution in [2.45, 2.75) is 24.6 Å². The quantitative estimate of drug-likeness (QED) is 0.634. The van der Waals surface area contributed by atoms with Crippen LogP contribution in [-0.4, -0.2) is 0 Å². The molecule has 0 bridgehead atoms. The highest BCUT2D eigenvalue weighted by molar-refractivity contribution is 9.12. The lowest BCUT2D eigenvalue weighted by Gasteiger charge is -2.29. The van der Waals surface area contributed by atoms with Crippen LogP contribution in [-0.2, 0) is 0 Å². The van der Waals surface area contributed by atoms with E-state index >= 15 is 0 Å². The highest BCUT2D eigenvalue weighted by Crippen LogP contribution is 2.46. The highest BCUT2D eigenvalue weighted by Gasteiger charge is 2.28. The van der Waals surface area contributed by atoms with Crippen molar-refractivity contribution in [1.29, 1.82) is 0 Å². The summed E-state index contributed by atoms with van der Waals surface area (Å²) in [6.45, 7) is 0. The molecule has 1 atom stereocenters. The number of hydrogen-bond acceptors (Lipinski definition) is 1. The molecule has 2 rings (SSSR count). The van der Waals surface area contributed by atoms with Crippen molar-refractivity contribution < 1.29 is 0 Å². The monoisotopic (exact) mass is 342 g/mol. The maximum atomic E-state index is 6.38. The molecule has 1 heterocycles. The van der Waals surface area contributed by atoms with Gasteiger partial charge in [-0.1, -0.05) is 6.42 Å². The SMILES string of the molecule is ClC(c1cc(Br)sc1Br)C1CCC1. The number of alkyl halides is 1. The molecular formula is C9H9Br2ClS. The van der Waals surface area contributed by atoms with Gasteiger partial charge in [-0.3, -0.25) is 0 Å². The van der Waals surface area contributed by atoms with E-state index in [0.29, 0.717) is 5.92 Å². The van der Waals surface area contributed by atoms with E-state index in [-0.39, 0.29) is 5.38 Å². The van der Waals surface area contributed by atoms with Gasteiger partial charge in [-0.25, -0.2) is 0 Å². The van der Waals surface area contributed by atoms with E-state index in [1.54, 1.807) is 11.3 Å². The minimum absolute atomic E-state index is 0.200.